The van der Waals surface area contributed by atoms with Crippen LogP contribution in [0.5, 0.6) is 11.5 Å². The van der Waals surface area contributed by atoms with E-state index in [-0.39, 0.29) is 5.91 Å². The summed E-state index contributed by atoms with van der Waals surface area (Å²) in [5.41, 5.74) is 3.01. The maximum Gasteiger partial charge on any atom is 0.219 e. The van der Waals surface area contributed by atoms with Crippen molar-refractivity contribution in [3.05, 3.63) is 77.8 Å². The molecule has 1 amide bonds. The Balaban J connectivity index is 1.53. The maximum absolute atomic E-state index is 11.7. The van der Waals surface area contributed by atoms with Crippen LogP contribution in [0.4, 0.5) is 17.1 Å². The second-order valence-electron chi connectivity index (χ2n) is 8.04. The van der Waals surface area contributed by atoms with Gasteiger partial charge in [0.1, 0.15) is 5.75 Å². The molecule has 0 radical (unpaired) electrons. The minimum absolute atomic E-state index is 0.158. The summed E-state index contributed by atoms with van der Waals surface area (Å²) in [5.74, 6) is 1.62. The molecule has 3 aromatic carbocycles. The van der Waals surface area contributed by atoms with Crippen molar-refractivity contribution in [2.45, 2.75) is 25.8 Å². The third-order valence-electron chi connectivity index (χ3n) is 5.94. The number of amides is 1. The molecule has 4 rings (SSSR count). The molecule has 1 fully saturated rings. The molecule has 1 aliphatic heterocycles. The number of benzene rings is 3. The first-order valence-electron chi connectivity index (χ1n) is 10.9. The fraction of sp³-hybridized carbons (Fsp3) is 0.269. The van der Waals surface area contributed by atoms with Gasteiger partial charge in [0.05, 0.1) is 17.1 Å². The molecule has 0 unspecified atom stereocenters. The molecule has 0 saturated carbocycles. The molecule has 3 aromatic rings. The number of para-hydroxylation sites is 4. The van der Waals surface area contributed by atoms with E-state index >= 15 is 0 Å². The number of halogens is 1. The lowest BCUT2D eigenvalue weighted by atomic mass is 10.0. The van der Waals surface area contributed by atoms with Gasteiger partial charge in [-0.3, -0.25) is 4.79 Å². The van der Waals surface area contributed by atoms with Crippen molar-refractivity contribution in [1.82, 2.24) is 4.90 Å². The SMILES string of the molecule is CC(=O)N1CCC(N(C)c2ccccc2Nc2ccccc2Oc2ccc(Cl)cc2)CC1. The Hall–Kier alpha value is -3.18. The van der Waals surface area contributed by atoms with Crippen LogP contribution >= 0.6 is 11.6 Å². The minimum atomic E-state index is 0.158. The van der Waals surface area contributed by atoms with Gasteiger partial charge in [0.15, 0.2) is 5.75 Å². The van der Waals surface area contributed by atoms with E-state index in [0.717, 1.165) is 54.5 Å². The molecule has 1 heterocycles. The molecule has 166 valence electrons. The van der Waals surface area contributed by atoms with Gasteiger partial charge in [0.2, 0.25) is 5.91 Å². The standard InChI is InChI=1S/C26H28ClN3O2/c1-19(31)30-17-15-21(16-18-30)29(2)25-9-5-3-7-23(25)28-24-8-4-6-10-26(24)32-22-13-11-20(27)12-14-22/h3-14,21,28H,15-18H2,1-2H3. The average molecular weight is 450 g/mol. The predicted molar refractivity (Wildman–Crippen MR) is 131 cm³/mol. The lowest BCUT2D eigenvalue weighted by Crippen LogP contribution is -2.45. The highest BCUT2D eigenvalue weighted by atomic mass is 35.5. The summed E-state index contributed by atoms with van der Waals surface area (Å²) in [6.45, 7) is 3.25. The van der Waals surface area contributed by atoms with Crippen LogP contribution < -0.4 is 15.0 Å². The van der Waals surface area contributed by atoms with Gasteiger partial charge in [-0.25, -0.2) is 0 Å². The van der Waals surface area contributed by atoms with Gasteiger partial charge in [-0.15, -0.1) is 0 Å². The summed E-state index contributed by atoms with van der Waals surface area (Å²) >= 11 is 6.00. The molecule has 6 heteroatoms. The topological polar surface area (TPSA) is 44.8 Å². The first-order chi connectivity index (χ1) is 15.5. The van der Waals surface area contributed by atoms with Gasteiger partial charge in [0.25, 0.3) is 0 Å². The van der Waals surface area contributed by atoms with Crippen molar-refractivity contribution in [3.63, 3.8) is 0 Å². The fourth-order valence-electron chi connectivity index (χ4n) is 4.09. The zero-order valence-corrected chi connectivity index (χ0v) is 19.2. The Morgan fingerprint density at radius 2 is 1.59 bits per heavy atom. The Labute approximate surface area is 194 Å². The molecule has 0 bridgehead atoms. The third kappa shape index (κ3) is 5.17. The second kappa shape index (κ2) is 9.96. The molecule has 0 aromatic heterocycles. The van der Waals surface area contributed by atoms with Crippen LogP contribution in [0.25, 0.3) is 0 Å². The second-order valence-corrected chi connectivity index (χ2v) is 8.48. The number of rotatable bonds is 6. The van der Waals surface area contributed by atoms with E-state index in [1.54, 1.807) is 6.92 Å². The number of hydrogen-bond acceptors (Lipinski definition) is 4. The van der Waals surface area contributed by atoms with Crippen LogP contribution in [0.3, 0.4) is 0 Å². The monoisotopic (exact) mass is 449 g/mol. The van der Waals surface area contributed by atoms with Crippen LogP contribution in [0.1, 0.15) is 19.8 Å². The molecule has 1 aliphatic rings. The lowest BCUT2D eigenvalue weighted by molar-refractivity contribution is -0.129. The Morgan fingerprint density at radius 1 is 0.969 bits per heavy atom. The van der Waals surface area contributed by atoms with Crippen molar-refractivity contribution in [2.75, 3.05) is 30.4 Å². The number of piperidine rings is 1. The van der Waals surface area contributed by atoms with Gasteiger partial charge < -0.3 is 19.9 Å². The smallest absolute Gasteiger partial charge is 0.219 e. The van der Waals surface area contributed by atoms with E-state index in [1.165, 1.54) is 0 Å². The van der Waals surface area contributed by atoms with Crippen molar-refractivity contribution >= 4 is 34.6 Å². The van der Waals surface area contributed by atoms with Crippen molar-refractivity contribution in [1.29, 1.82) is 0 Å². The first kappa shape index (κ1) is 22.0. The number of nitrogens with zero attached hydrogens (tertiary/aromatic N) is 2. The number of nitrogens with one attached hydrogen (secondary N) is 1. The van der Waals surface area contributed by atoms with E-state index in [1.807, 2.05) is 59.5 Å². The summed E-state index contributed by atoms with van der Waals surface area (Å²) in [6.07, 6.45) is 1.92. The zero-order chi connectivity index (χ0) is 22.5. The van der Waals surface area contributed by atoms with Crippen LogP contribution in [0.15, 0.2) is 72.8 Å². The molecule has 1 N–H and O–H groups in total. The van der Waals surface area contributed by atoms with E-state index < -0.39 is 0 Å². The minimum Gasteiger partial charge on any atom is -0.455 e. The number of carbonyl (C=O) groups is 1. The molecule has 0 atom stereocenters. The summed E-state index contributed by atoms with van der Waals surface area (Å²) in [7, 11) is 2.13. The molecule has 0 aliphatic carbocycles. The van der Waals surface area contributed by atoms with Crippen LogP contribution in [0, 0.1) is 0 Å². The third-order valence-corrected chi connectivity index (χ3v) is 6.19. The van der Waals surface area contributed by atoms with E-state index in [4.69, 9.17) is 16.3 Å². The van der Waals surface area contributed by atoms with E-state index in [9.17, 15) is 4.79 Å². The van der Waals surface area contributed by atoms with Gasteiger partial charge >= 0.3 is 0 Å². The van der Waals surface area contributed by atoms with Crippen LogP contribution in [0.2, 0.25) is 5.02 Å². The fourth-order valence-corrected chi connectivity index (χ4v) is 4.21. The molecule has 1 saturated heterocycles. The van der Waals surface area contributed by atoms with Gasteiger partial charge in [-0.1, -0.05) is 35.9 Å². The predicted octanol–water partition coefficient (Wildman–Crippen LogP) is 6.32. The highest BCUT2D eigenvalue weighted by Crippen LogP contribution is 2.36. The van der Waals surface area contributed by atoms with Crippen LogP contribution in [-0.2, 0) is 4.79 Å². The number of likely N-dealkylation sites (tertiary alicyclic amines) is 1. The van der Waals surface area contributed by atoms with E-state index in [0.29, 0.717) is 11.1 Å². The Morgan fingerprint density at radius 3 is 2.28 bits per heavy atom. The number of ether oxygens (including phenoxy) is 1. The van der Waals surface area contributed by atoms with Gasteiger partial charge in [-0.05, 0) is 61.4 Å². The van der Waals surface area contributed by atoms with E-state index in [2.05, 4.69) is 35.5 Å². The molecule has 0 spiro atoms. The highest BCUT2D eigenvalue weighted by Gasteiger charge is 2.25. The van der Waals surface area contributed by atoms with Crippen molar-refractivity contribution in [3.8, 4) is 11.5 Å². The first-order valence-corrected chi connectivity index (χ1v) is 11.3. The average Bonchev–Trinajstić information content (AvgIpc) is 2.82. The van der Waals surface area contributed by atoms with Crippen molar-refractivity contribution < 1.29 is 9.53 Å². The van der Waals surface area contributed by atoms with Crippen LogP contribution in [-0.4, -0.2) is 37.0 Å². The molecule has 5 nitrogen and oxygen atoms in total. The zero-order valence-electron chi connectivity index (χ0n) is 18.4. The highest BCUT2D eigenvalue weighted by molar-refractivity contribution is 6.30. The Kier molecular flexibility index (Phi) is 6.86. The summed E-state index contributed by atoms with van der Waals surface area (Å²) in [4.78, 5) is 15.9. The number of anilines is 3. The van der Waals surface area contributed by atoms with Crippen molar-refractivity contribution in [2.24, 2.45) is 0 Å². The lowest BCUT2D eigenvalue weighted by Gasteiger charge is -2.38. The number of hydrogen-bond donors (Lipinski definition) is 1. The summed E-state index contributed by atoms with van der Waals surface area (Å²) < 4.78 is 6.12. The summed E-state index contributed by atoms with van der Waals surface area (Å²) in [5, 5.41) is 4.24. The quantitative estimate of drug-likeness (QED) is 0.478. The van der Waals surface area contributed by atoms with Gasteiger partial charge in [0, 0.05) is 38.1 Å². The maximum atomic E-state index is 11.7. The van der Waals surface area contributed by atoms with Gasteiger partial charge in [-0.2, -0.15) is 0 Å². The number of carbonyl (C=O) groups excluding carboxylic acids is 1. The normalized spacial score (nSPS) is 14.2. The molecular formula is C26H28ClN3O2. The molecular weight excluding hydrogens is 422 g/mol. The largest absolute Gasteiger partial charge is 0.455 e. The Bertz CT molecular complexity index is 1060. The molecule has 32 heavy (non-hydrogen) atoms. The summed E-state index contributed by atoms with van der Waals surface area (Å²) in [6, 6.07) is 23.9.